The average Bonchev–Trinajstić information content (AvgIpc) is 2.04. The minimum atomic E-state index is -0.324. The molecule has 0 amide bonds. The quantitative estimate of drug-likeness (QED) is 0.212. The minimum Gasteiger partial charge on any atom is -0.466 e. The number of carbonyl (C=O) groups excluding carboxylic acids is 1. The third-order valence-electron chi connectivity index (χ3n) is 1.17. The van der Waals surface area contributed by atoms with Gasteiger partial charge in [-0.05, 0) is 13.8 Å². The zero-order valence-electron chi connectivity index (χ0n) is 8.07. The molecule has 0 aliphatic rings. The van der Waals surface area contributed by atoms with E-state index in [0.29, 0.717) is 12.3 Å². The van der Waals surface area contributed by atoms with E-state index in [-0.39, 0.29) is 12.4 Å². The van der Waals surface area contributed by atoms with Gasteiger partial charge in [-0.1, -0.05) is 0 Å². The van der Waals surface area contributed by atoms with Crippen LogP contribution in [0.2, 0.25) is 0 Å². The predicted octanol–water partition coefficient (Wildman–Crippen LogP) is 0.728. The fourth-order valence-corrected chi connectivity index (χ4v) is 0.735. The number of ether oxygens (including phenoxy) is 1. The SMILES string of the molecule is CCOC(=O)C/C(C)=N\N(C)C#N. The molecule has 0 aromatic carbocycles. The highest BCUT2D eigenvalue weighted by molar-refractivity contribution is 5.97. The van der Waals surface area contributed by atoms with Gasteiger partial charge in [0.05, 0.1) is 13.0 Å². The first-order valence-corrected chi connectivity index (χ1v) is 3.93. The fourth-order valence-electron chi connectivity index (χ4n) is 0.735. The summed E-state index contributed by atoms with van der Waals surface area (Å²) in [4.78, 5) is 10.9. The average molecular weight is 183 g/mol. The molecular formula is C8H13N3O2. The van der Waals surface area contributed by atoms with E-state index in [2.05, 4.69) is 5.10 Å². The zero-order chi connectivity index (χ0) is 10.3. The Balaban J connectivity index is 4.00. The number of nitrogens with zero attached hydrogens (tertiary/aromatic N) is 3. The van der Waals surface area contributed by atoms with Gasteiger partial charge in [0.1, 0.15) is 0 Å². The van der Waals surface area contributed by atoms with Crippen molar-refractivity contribution in [2.75, 3.05) is 13.7 Å². The van der Waals surface area contributed by atoms with E-state index in [1.807, 2.05) is 0 Å². The van der Waals surface area contributed by atoms with Crippen LogP contribution in [0.4, 0.5) is 0 Å². The van der Waals surface area contributed by atoms with Crippen molar-refractivity contribution in [3.8, 4) is 6.19 Å². The Hall–Kier alpha value is -1.57. The Kier molecular flexibility index (Phi) is 5.28. The summed E-state index contributed by atoms with van der Waals surface area (Å²) in [5.74, 6) is -0.324. The molecular weight excluding hydrogens is 170 g/mol. The number of hydrazone groups is 1. The van der Waals surface area contributed by atoms with Gasteiger partial charge < -0.3 is 4.74 Å². The van der Waals surface area contributed by atoms with Crippen LogP contribution in [0.3, 0.4) is 0 Å². The highest BCUT2D eigenvalue weighted by atomic mass is 16.5. The largest absolute Gasteiger partial charge is 0.466 e. The normalized spacial score (nSPS) is 10.5. The molecule has 0 spiro atoms. The molecule has 5 nitrogen and oxygen atoms in total. The van der Waals surface area contributed by atoms with Gasteiger partial charge in [0.15, 0.2) is 0 Å². The summed E-state index contributed by atoms with van der Waals surface area (Å²) in [5, 5.41) is 13.3. The van der Waals surface area contributed by atoms with E-state index in [1.54, 1.807) is 20.0 Å². The topological polar surface area (TPSA) is 65.7 Å². The zero-order valence-corrected chi connectivity index (χ0v) is 8.07. The summed E-state index contributed by atoms with van der Waals surface area (Å²) in [6, 6.07) is 0. The van der Waals surface area contributed by atoms with Crippen molar-refractivity contribution in [1.82, 2.24) is 5.01 Å². The monoisotopic (exact) mass is 183 g/mol. The van der Waals surface area contributed by atoms with Gasteiger partial charge in [0.2, 0.25) is 6.19 Å². The first-order chi connectivity index (χ1) is 6.10. The molecule has 0 aliphatic heterocycles. The van der Waals surface area contributed by atoms with Gasteiger partial charge in [-0.25, -0.2) is 5.01 Å². The van der Waals surface area contributed by atoms with Crippen molar-refractivity contribution >= 4 is 11.7 Å². The van der Waals surface area contributed by atoms with Crippen molar-refractivity contribution in [3.05, 3.63) is 0 Å². The Morgan fingerprint density at radius 1 is 1.69 bits per heavy atom. The molecule has 0 fully saturated rings. The third-order valence-corrected chi connectivity index (χ3v) is 1.17. The predicted molar refractivity (Wildman–Crippen MR) is 47.7 cm³/mol. The summed E-state index contributed by atoms with van der Waals surface area (Å²) in [6.45, 7) is 3.77. The summed E-state index contributed by atoms with van der Waals surface area (Å²) >= 11 is 0. The van der Waals surface area contributed by atoms with Crippen LogP contribution in [0.25, 0.3) is 0 Å². The van der Waals surface area contributed by atoms with Gasteiger partial charge in [-0.3, -0.25) is 4.79 Å². The van der Waals surface area contributed by atoms with E-state index in [1.165, 1.54) is 7.05 Å². The standard InChI is InChI=1S/C8H13N3O2/c1-4-13-8(12)5-7(2)10-11(3)6-9/h4-5H2,1-3H3/b10-7-. The second-order valence-corrected chi connectivity index (χ2v) is 2.44. The lowest BCUT2D eigenvalue weighted by molar-refractivity contribution is -0.141. The van der Waals surface area contributed by atoms with Gasteiger partial charge in [0, 0.05) is 12.8 Å². The molecule has 0 saturated heterocycles. The Bertz CT molecular complexity index is 242. The van der Waals surface area contributed by atoms with Crippen molar-refractivity contribution < 1.29 is 9.53 Å². The molecule has 5 heteroatoms. The molecule has 0 aromatic rings. The summed E-state index contributed by atoms with van der Waals surface area (Å²) < 4.78 is 4.71. The van der Waals surface area contributed by atoms with Crippen LogP contribution in [0.5, 0.6) is 0 Å². The highest BCUT2D eigenvalue weighted by Crippen LogP contribution is 1.92. The van der Waals surface area contributed by atoms with E-state index in [0.717, 1.165) is 5.01 Å². The van der Waals surface area contributed by atoms with E-state index < -0.39 is 0 Å². The molecule has 72 valence electrons. The molecule has 0 N–H and O–H groups in total. The number of esters is 1. The maximum absolute atomic E-state index is 10.9. The van der Waals surface area contributed by atoms with Crippen LogP contribution in [0, 0.1) is 11.5 Å². The second-order valence-electron chi connectivity index (χ2n) is 2.44. The molecule has 0 saturated carbocycles. The molecule has 0 aliphatic carbocycles. The molecule has 13 heavy (non-hydrogen) atoms. The first kappa shape index (κ1) is 11.4. The van der Waals surface area contributed by atoms with Crippen LogP contribution >= 0.6 is 0 Å². The number of hydrogen-bond acceptors (Lipinski definition) is 5. The molecule has 0 heterocycles. The van der Waals surface area contributed by atoms with Crippen LogP contribution in [-0.2, 0) is 9.53 Å². The third kappa shape index (κ3) is 5.67. The van der Waals surface area contributed by atoms with Gasteiger partial charge in [-0.2, -0.15) is 10.4 Å². The Morgan fingerprint density at radius 2 is 2.31 bits per heavy atom. The smallest absolute Gasteiger partial charge is 0.311 e. The number of nitriles is 1. The first-order valence-electron chi connectivity index (χ1n) is 3.93. The van der Waals surface area contributed by atoms with Crippen molar-refractivity contribution in [2.24, 2.45) is 5.10 Å². The minimum absolute atomic E-state index is 0.125. The molecule has 0 rings (SSSR count). The second kappa shape index (κ2) is 6.00. The lowest BCUT2D eigenvalue weighted by Gasteiger charge is -2.03. The van der Waals surface area contributed by atoms with Gasteiger partial charge in [0.25, 0.3) is 0 Å². The fraction of sp³-hybridized carbons (Fsp3) is 0.625. The Labute approximate surface area is 77.6 Å². The van der Waals surface area contributed by atoms with Crippen LogP contribution in [0.1, 0.15) is 20.3 Å². The van der Waals surface area contributed by atoms with E-state index in [4.69, 9.17) is 10.00 Å². The number of hydrogen-bond donors (Lipinski definition) is 0. The lowest BCUT2D eigenvalue weighted by atomic mass is 10.3. The van der Waals surface area contributed by atoms with Crippen LogP contribution in [-0.4, -0.2) is 30.3 Å². The number of carbonyl (C=O) groups is 1. The van der Waals surface area contributed by atoms with Crippen molar-refractivity contribution in [2.45, 2.75) is 20.3 Å². The maximum Gasteiger partial charge on any atom is 0.311 e. The van der Waals surface area contributed by atoms with Crippen LogP contribution in [0.15, 0.2) is 5.10 Å². The molecule has 0 unspecified atom stereocenters. The Morgan fingerprint density at radius 3 is 2.77 bits per heavy atom. The summed E-state index contributed by atoms with van der Waals surface area (Å²) in [5.41, 5.74) is 0.558. The highest BCUT2D eigenvalue weighted by Gasteiger charge is 2.04. The number of rotatable bonds is 4. The van der Waals surface area contributed by atoms with Crippen molar-refractivity contribution in [1.29, 1.82) is 5.26 Å². The van der Waals surface area contributed by atoms with Crippen molar-refractivity contribution in [3.63, 3.8) is 0 Å². The molecule has 0 aromatic heterocycles. The molecule has 0 atom stereocenters. The lowest BCUT2D eigenvalue weighted by Crippen LogP contribution is -2.12. The van der Waals surface area contributed by atoms with E-state index >= 15 is 0 Å². The van der Waals surface area contributed by atoms with Gasteiger partial charge >= 0.3 is 5.97 Å². The van der Waals surface area contributed by atoms with E-state index in [9.17, 15) is 4.79 Å². The maximum atomic E-state index is 10.9. The molecule has 0 radical (unpaired) electrons. The summed E-state index contributed by atoms with van der Waals surface area (Å²) in [7, 11) is 1.51. The summed E-state index contributed by atoms with van der Waals surface area (Å²) in [6.07, 6.45) is 1.92. The van der Waals surface area contributed by atoms with Crippen LogP contribution < -0.4 is 0 Å². The molecule has 0 bridgehead atoms. The van der Waals surface area contributed by atoms with Gasteiger partial charge in [-0.15, -0.1) is 0 Å².